The van der Waals surface area contributed by atoms with Gasteiger partial charge in [-0.1, -0.05) is 60.7 Å². The maximum absolute atomic E-state index is 13.4. The van der Waals surface area contributed by atoms with Crippen LogP contribution in [0.3, 0.4) is 0 Å². The molecule has 1 amide bonds. The van der Waals surface area contributed by atoms with E-state index < -0.39 is 0 Å². The number of hydrogen-bond donors (Lipinski definition) is 0. The summed E-state index contributed by atoms with van der Waals surface area (Å²) < 4.78 is 12.3. The zero-order chi connectivity index (χ0) is 23.9. The predicted molar refractivity (Wildman–Crippen MR) is 138 cm³/mol. The van der Waals surface area contributed by atoms with Gasteiger partial charge in [-0.25, -0.2) is 0 Å². The maximum atomic E-state index is 13.4. The van der Waals surface area contributed by atoms with Crippen LogP contribution in [0.1, 0.15) is 47.2 Å². The molecule has 0 unspecified atom stereocenters. The van der Waals surface area contributed by atoms with E-state index in [9.17, 15) is 4.79 Å². The van der Waals surface area contributed by atoms with Crippen molar-refractivity contribution in [1.29, 1.82) is 0 Å². The van der Waals surface area contributed by atoms with Crippen molar-refractivity contribution in [3.05, 3.63) is 95.6 Å². The summed E-state index contributed by atoms with van der Waals surface area (Å²) in [5.41, 5.74) is 2.81. The highest BCUT2D eigenvalue weighted by molar-refractivity contribution is 5.95. The summed E-state index contributed by atoms with van der Waals surface area (Å²) in [5.74, 6) is 1.32. The summed E-state index contributed by atoms with van der Waals surface area (Å²) in [4.78, 5) is 18.0. The summed E-state index contributed by atoms with van der Waals surface area (Å²) in [7, 11) is 0. The minimum absolute atomic E-state index is 0.0732. The molecule has 5 heteroatoms. The second kappa shape index (κ2) is 11.4. The smallest absolute Gasteiger partial charge is 0.253 e. The largest absolute Gasteiger partial charge is 0.485 e. The second-order valence-electron chi connectivity index (χ2n) is 9.48. The average molecular weight is 471 g/mol. The Hall–Kier alpha value is -3.31. The second-order valence-corrected chi connectivity index (χ2v) is 9.48. The number of ether oxygens (including phenoxy) is 2. The van der Waals surface area contributed by atoms with E-state index >= 15 is 0 Å². The van der Waals surface area contributed by atoms with Crippen LogP contribution in [0, 0.1) is 0 Å². The fraction of sp³-hybridized carbons (Fsp3) is 0.367. The van der Waals surface area contributed by atoms with Crippen molar-refractivity contribution in [2.45, 2.75) is 44.9 Å². The van der Waals surface area contributed by atoms with Gasteiger partial charge in [0.05, 0.1) is 0 Å². The lowest BCUT2D eigenvalue weighted by atomic mass is 10.0. The molecule has 0 aromatic heterocycles. The van der Waals surface area contributed by atoms with Gasteiger partial charge >= 0.3 is 0 Å². The lowest BCUT2D eigenvalue weighted by Gasteiger charge is -2.36. The van der Waals surface area contributed by atoms with Crippen molar-refractivity contribution >= 4 is 5.91 Å². The van der Waals surface area contributed by atoms with E-state index in [1.165, 1.54) is 25.9 Å². The Labute approximate surface area is 208 Å². The van der Waals surface area contributed by atoms with Gasteiger partial charge < -0.3 is 19.3 Å². The fourth-order valence-electron chi connectivity index (χ4n) is 5.07. The van der Waals surface area contributed by atoms with Crippen LogP contribution < -0.4 is 9.47 Å². The monoisotopic (exact) mass is 470 g/mol. The molecule has 3 aromatic carbocycles. The van der Waals surface area contributed by atoms with Gasteiger partial charge in [0.15, 0.2) is 11.5 Å². The first kappa shape index (κ1) is 23.4. The topological polar surface area (TPSA) is 42.0 Å². The Morgan fingerprint density at radius 1 is 0.714 bits per heavy atom. The van der Waals surface area contributed by atoms with Crippen LogP contribution in [0.2, 0.25) is 0 Å². The molecule has 0 spiro atoms. The predicted octanol–water partition coefficient (Wildman–Crippen LogP) is 5.55. The number of likely N-dealkylation sites (tertiary alicyclic amines) is 2. The van der Waals surface area contributed by atoms with Crippen LogP contribution in [0.5, 0.6) is 11.5 Å². The summed E-state index contributed by atoms with van der Waals surface area (Å²) >= 11 is 0. The molecule has 5 nitrogen and oxygen atoms in total. The van der Waals surface area contributed by atoms with E-state index in [0.717, 1.165) is 37.1 Å². The van der Waals surface area contributed by atoms with Crippen molar-refractivity contribution in [3.8, 4) is 11.5 Å². The molecule has 0 radical (unpaired) electrons. The van der Waals surface area contributed by atoms with Gasteiger partial charge in [-0.05, 0) is 68.1 Å². The average Bonchev–Trinajstić information content (AvgIpc) is 3.47. The molecular formula is C30H34N2O3. The SMILES string of the molecule is O=C(c1ccc(OCc2ccccc2)c(OCc2ccccc2)c1)N1CCC(N2CCCC2)CC1. The number of carbonyl (C=O) groups excluding carboxylic acids is 1. The Balaban J connectivity index is 1.28. The zero-order valence-electron chi connectivity index (χ0n) is 20.3. The van der Waals surface area contributed by atoms with Gasteiger partial charge in [-0.15, -0.1) is 0 Å². The Kier molecular flexibility index (Phi) is 7.64. The third-order valence-corrected chi connectivity index (χ3v) is 7.07. The van der Waals surface area contributed by atoms with Gasteiger partial charge in [-0.2, -0.15) is 0 Å². The van der Waals surface area contributed by atoms with Crippen LogP contribution in [-0.4, -0.2) is 47.9 Å². The van der Waals surface area contributed by atoms with Crippen molar-refractivity contribution in [1.82, 2.24) is 9.80 Å². The molecule has 2 aliphatic heterocycles. The minimum atomic E-state index is 0.0732. The first-order chi connectivity index (χ1) is 17.3. The molecule has 35 heavy (non-hydrogen) atoms. The number of nitrogens with zero attached hydrogens (tertiary/aromatic N) is 2. The van der Waals surface area contributed by atoms with E-state index in [1.54, 1.807) is 0 Å². The first-order valence-corrected chi connectivity index (χ1v) is 12.8. The normalized spacial score (nSPS) is 16.9. The third-order valence-electron chi connectivity index (χ3n) is 7.07. The molecule has 0 bridgehead atoms. The van der Waals surface area contributed by atoms with Crippen molar-refractivity contribution in [2.75, 3.05) is 26.2 Å². The van der Waals surface area contributed by atoms with Crippen LogP contribution in [0.25, 0.3) is 0 Å². The maximum Gasteiger partial charge on any atom is 0.253 e. The van der Waals surface area contributed by atoms with E-state index in [2.05, 4.69) is 4.90 Å². The number of piperidine rings is 1. The molecule has 2 fully saturated rings. The Morgan fingerprint density at radius 2 is 1.29 bits per heavy atom. The van der Waals surface area contributed by atoms with Crippen molar-refractivity contribution < 1.29 is 14.3 Å². The van der Waals surface area contributed by atoms with E-state index in [0.29, 0.717) is 36.3 Å². The molecule has 182 valence electrons. The lowest BCUT2D eigenvalue weighted by molar-refractivity contribution is 0.0644. The van der Waals surface area contributed by atoms with Gasteiger partial charge in [0.25, 0.3) is 5.91 Å². The number of hydrogen-bond acceptors (Lipinski definition) is 4. The number of carbonyl (C=O) groups is 1. The molecule has 0 atom stereocenters. The summed E-state index contributed by atoms with van der Waals surface area (Å²) in [6.07, 6.45) is 4.73. The minimum Gasteiger partial charge on any atom is -0.485 e. The Morgan fingerprint density at radius 3 is 1.89 bits per heavy atom. The van der Waals surface area contributed by atoms with Gasteiger partial charge in [-0.3, -0.25) is 4.79 Å². The molecule has 0 saturated carbocycles. The molecule has 3 aromatic rings. The molecular weight excluding hydrogens is 436 g/mol. The third kappa shape index (κ3) is 6.04. The van der Waals surface area contributed by atoms with Gasteiger partial charge in [0, 0.05) is 24.7 Å². The molecule has 5 rings (SSSR count). The van der Waals surface area contributed by atoms with E-state index in [4.69, 9.17) is 9.47 Å². The van der Waals surface area contributed by atoms with Crippen LogP contribution in [0.4, 0.5) is 0 Å². The molecule has 0 N–H and O–H groups in total. The van der Waals surface area contributed by atoms with E-state index in [-0.39, 0.29) is 5.91 Å². The summed E-state index contributed by atoms with van der Waals surface area (Å²) in [6.45, 7) is 4.91. The summed E-state index contributed by atoms with van der Waals surface area (Å²) in [6, 6.07) is 26.3. The van der Waals surface area contributed by atoms with Crippen molar-refractivity contribution in [3.63, 3.8) is 0 Å². The molecule has 2 heterocycles. The quantitative estimate of drug-likeness (QED) is 0.433. The zero-order valence-corrected chi connectivity index (χ0v) is 20.3. The van der Waals surface area contributed by atoms with Crippen LogP contribution in [-0.2, 0) is 13.2 Å². The van der Waals surface area contributed by atoms with Crippen LogP contribution >= 0.6 is 0 Å². The highest BCUT2D eigenvalue weighted by Gasteiger charge is 2.29. The lowest BCUT2D eigenvalue weighted by Crippen LogP contribution is -2.45. The molecule has 2 saturated heterocycles. The summed E-state index contributed by atoms with van der Waals surface area (Å²) in [5, 5.41) is 0. The number of rotatable bonds is 8. The molecule has 0 aliphatic carbocycles. The number of benzene rings is 3. The highest BCUT2D eigenvalue weighted by atomic mass is 16.5. The fourth-order valence-corrected chi connectivity index (χ4v) is 5.07. The Bertz CT molecular complexity index is 1090. The van der Waals surface area contributed by atoms with Crippen LogP contribution in [0.15, 0.2) is 78.9 Å². The molecule has 2 aliphatic rings. The van der Waals surface area contributed by atoms with Gasteiger partial charge in [0.2, 0.25) is 0 Å². The van der Waals surface area contributed by atoms with Crippen molar-refractivity contribution in [2.24, 2.45) is 0 Å². The van der Waals surface area contributed by atoms with Gasteiger partial charge in [0.1, 0.15) is 13.2 Å². The number of amides is 1. The highest BCUT2D eigenvalue weighted by Crippen LogP contribution is 2.31. The first-order valence-electron chi connectivity index (χ1n) is 12.8. The van der Waals surface area contributed by atoms with E-state index in [1.807, 2.05) is 83.8 Å². The standard InChI is InChI=1S/C30H34N2O3/c33-30(32-19-15-27(16-20-32)31-17-7-8-18-31)26-13-14-28(34-22-24-9-3-1-4-10-24)29(21-26)35-23-25-11-5-2-6-12-25/h1-6,9-14,21,27H,7-8,15-20,22-23H2.